The molecular formula is C14H16O4. The third-order valence-electron chi connectivity index (χ3n) is 2.20. The molecule has 18 heavy (non-hydrogen) atoms. The van der Waals surface area contributed by atoms with Gasteiger partial charge in [0.1, 0.15) is 0 Å². The molecule has 0 saturated carbocycles. The molecule has 0 radical (unpaired) electrons. The van der Waals surface area contributed by atoms with Crippen molar-refractivity contribution in [2.45, 2.75) is 6.42 Å². The first-order valence-corrected chi connectivity index (χ1v) is 5.50. The van der Waals surface area contributed by atoms with Gasteiger partial charge in [-0.05, 0) is 18.6 Å². The molecule has 0 aliphatic heterocycles. The Morgan fingerprint density at radius 3 is 2.89 bits per heavy atom. The molecule has 0 amide bonds. The number of rotatable bonds is 7. The smallest absolute Gasteiger partial charge is 0.328 e. The summed E-state index contributed by atoms with van der Waals surface area (Å²) in [4.78, 5) is 10.5. The molecule has 0 spiro atoms. The Kier molecular flexibility index (Phi) is 5.51. The van der Waals surface area contributed by atoms with Crippen LogP contribution in [0.25, 0.3) is 6.08 Å². The summed E-state index contributed by atoms with van der Waals surface area (Å²) in [7, 11) is 1.54. The summed E-state index contributed by atoms with van der Waals surface area (Å²) in [6.07, 6.45) is 5.01. The maximum atomic E-state index is 10.5. The highest BCUT2D eigenvalue weighted by atomic mass is 16.5. The van der Waals surface area contributed by atoms with Gasteiger partial charge in [0.2, 0.25) is 0 Å². The molecule has 1 aromatic rings. The van der Waals surface area contributed by atoms with Crippen LogP contribution in [-0.2, 0) is 4.79 Å². The van der Waals surface area contributed by atoms with E-state index in [9.17, 15) is 4.79 Å². The van der Waals surface area contributed by atoms with Gasteiger partial charge in [0.05, 0.1) is 13.7 Å². The average Bonchev–Trinajstić information content (AvgIpc) is 2.37. The van der Waals surface area contributed by atoms with Crippen molar-refractivity contribution in [3.63, 3.8) is 0 Å². The third-order valence-corrected chi connectivity index (χ3v) is 2.20. The molecule has 0 atom stereocenters. The van der Waals surface area contributed by atoms with E-state index in [2.05, 4.69) is 6.58 Å². The summed E-state index contributed by atoms with van der Waals surface area (Å²) < 4.78 is 10.8. The molecule has 0 bridgehead atoms. The highest BCUT2D eigenvalue weighted by molar-refractivity contribution is 5.86. The quantitative estimate of drug-likeness (QED) is 0.458. The lowest BCUT2D eigenvalue weighted by atomic mass is 10.1. The number of methoxy groups -OCH3 is 1. The fourth-order valence-electron chi connectivity index (χ4n) is 1.38. The van der Waals surface area contributed by atoms with Crippen LogP contribution in [0, 0.1) is 0 Å². The van der Waals surface area contributed by atoms with E-state index in [4.69, 9.17) is 14.6 Å². The van der Waals surface area contributed by atoms with Crippen LogP contribution in [0.1, 0.15) is 12.0 Å². The minimum atomic E-state index is -1.00. The molecule has 1 aromatic carbocycles. The van der Waals surface area contributed by atoms with Crippen molar-refractivity contribution in [2.75, 3.05) is 13.7 Å². The van der Waals surface area contributed by atoms with E-state index in [1.807, 2.05) is 0 Å². The van der Waals surface area contributed by atoms with Gasteiger partial charge < -0.3 is 14.6 Å². The van der Waals surface area contributed by atoms with Crippen molar-refractivity contribution in [3.05, 3.63) is 42.5 Å². The molecule has 0 aliphatic rings. The summed E-state index contributed by atoms with van der Waals surface area (Å²) in [5, 5.41) is 8.63. The van der Waals surface area contributed by atoms with Gasteiger partial charge >= 0.3 is 5.97 Å². The highest BCUT2D eigenvalue weighted by Crippen LogP contribution is 2.32. The second-order valence-electron chi connectivity index (χ2n) is 3.48. The zero-order chi connectivity index (χ0) is 13.4. The minimum absolute atomic E-state index is 0.470. The minimum Gasteiger partial charge on any atom is -0.493 e. The molecule has 0 saturated heterocycles. The number of para-hydroxylation sites is 1. The molecule has 0 aromatic heterocycles. The van der Waals surface area contributed by atoms with Gasteiger partial charge in [0, 0.05) is 11.6 Å². The van der Waals surface area contributed by atoms with Gasteiger partial charge in [-0.15, -0.1) is 6.58 Å². The molecular weight excluding hydrogens is 232 g/mol. The third kappa shape index (κ3) is 3.97. The topological polar surface area (TPSA) is 55.8 Å². The molecule has 1 N–H and O–H groups in total. The Hall–Kier alpha value is -2.23. The van der Waals surface area contributed by atoms with Crippen LogP contribution >= 0.6 is 0 Å². The maximum absolute atomic E-state index is 10.5. The van der Waals surface area contributed by atoms with Gasteiger partial charge in [-0.1, -0.05) is 18.2 Å². The molecule has 0 heterocycles. The van der Waals surface area contributed by atoms with Crippen LogP contribution in [0.4, 0.5) is 0 Å². The van der Waals surface area contributed by atoms with Crippen molar-refractivity contribution in [3.8, 4) is 11.5 Å². The largest absolute Gasteiger partial charge is 0.493 e. The van der Waals surface area contributed by atoms with Crippen molar-refractivity contribution in [2.24, 2.45) is 0 Å². The van der Waals surface area contributed by atoms with Gasteiger partial charge in [-0.25, -0.2) is 4.79 Å². The Bertz CT molecular complexity index is 449. The average molecular weight is 248 g/mol. The molecule has 4 heteroatoms. The fraction of sp³-hybridized carbons (Fsp3) is 0.214. The van der Waals surface area contributed by atoms with Crippen molar-refractivity contribution < 1.29 is 19.4 Å². The van der Waals surface area contributed by atoms with Crippen LogP contribution in [-0.4, -0.2) is 24.8 Å². The van der Waals surface area contributed by atoms with E-state index < -0.39 is 5.97 Å². The van der Waals surface area contributed by atoms with E-state index in [-0.39, 0.29) is 0 Å². The summed E-state index contributed by atoms with van der Waals surface area (Å²) in [5.74, 6) is 0.112. The van der Waals surface area contributed by atoms with E-state index in [1.165, 1.54) is 6.08 Å². The first kappa shape index (κ1) is 13.8. The Morgan fingerprint density at radius 2 is 2.28 bits per heavy atom. The monoisotopic (exact) mass is 248 g/mol. The first-order chi connectivity index (χ1) is 8.69. The molecule has 96 valence electrons. The number of hydrogen-bond donors (Lipinski definition) is 1. The number of benzene rings is 1. The Labute approximate surface area is 106 Å². The van der Waals surface area contributed by atoms with E-state index >= 15 is 0 Å². The molecule has 0 aliphatic carbocycles. The second-order valence-corrected chi connectivity index (χ2v) is 3.48. The first-order valence-electron chi connectivity index (χ1n) is 5.50. The second kappa shape index (κ2) is 7.17. The van der Waals surface area contributed by atoms with Crippen molar-refractivity contribution in [1.29, 1.82) is 0 Å². The SMILES string of the molecule is C=CCCOc1c(C=CC(=O)O)cccc1OC. The predicted octanol–water partition coefficient (Wildman–Crippen LogP) is 2.75. The fourth-order valence-corrected chi connectivity index (χ4v) is 1.38. The lowest BCUT2D eigenvalue weighted by Crippen LogP contribution is -2.00. The van der Waals surface area contributed by atoms with Crippen molar-refractivity contribution >= 4 is 12.0 Å². The molecule has 1 rings (SSSR count). The van der Waals surface area contributed by atoms with Gasteiger partial charge in [-0.2, -0.15) is 0 Å². The van der Waals surface area contributed by atoms with Gasteiger partial charge in [0.15, 0.2) is 11.5 Å². The molecule has 0 unspecified atom stereocenters. The predicted molar refractivity (Wildman–Crippen MR) is 70.0 cm³/mol. The van der Waals surface area contributed by atoms with Crippen LogP contribution in [0.3, 0.4) is 0 Å². The summed E-state index contributed by atoms with van der Waals surface area (Å²) in [5.41, 5.74) is 0.667. The highest BCUT2D eigenvalue weighted by Gasteiger charge is 2.08. The number of aliphatic carboxylic acids is 1. The van der Waals surface area contributed by atoms with Crippen LogP contribution < -0.4 is 9.47 Å². The van der Waals surface area contributed by atoms with E-state index in [1.54, 1.807) is 31.4 Å². The van der Waals surface area contributed by atoms with E-state index in [0.29, 0.717) is 30.1 Å². The summed E-state index contributed by atoms with van der Waals surface area (Å²) in [6, 6.07) is 5.31. The Balaban J connectivity index is 2.99. The Morgan fingerprint density at radius 1 is 1.50 bits per heavy atom. The van der Waals surface area contributed by atoms with Crippen LogP contribution in [0.5, 0.6) is 11.5 Å². The summed E-state index contributed by atoms with van der Waals surface area (Å²) in [6.45, 7) is 4.08. The lowest BCUT2D eigenvalue weighted by molar-refractivity contribution is -0.131. The normalized spacial score (nSPS) is 10.3. The lowest BCUT2D eigenvalue weighted by Gasteiger charge is -2.12. The summed E-state index contributed by atoms with van der Waals surface area (Å²) >= 11 is 0. The zero-order valence-electron chi connectivity index (χ0n) is 10.3. The molecule has 4 nitrogen and oxygen atoms in total. The van der Waals surface area contributed by atoms with Crippen LogP contribution in [0.2, 0.25) is 0 Å². The standard InChI is InChI=1S/C14H16O4/c1-3-4-10-18-14-11(8-9-13(15)16)6-5-7-12(14)17-2/h3,5-9H,1,4,10H2,2H3,(H,15,16). The number of carboxylic acid groups (broad SMARTS) is 1. The van der Waals surface area contributed by atoms with Gasteiger partial charge in [-0.3, -0.25) is 0 Å². The number of hydrogen-bond acceptors (Lipinski definition) is 3. The number of carboxylic acids is 1. The number of carbonyl (C=O) groups is 1. The zero-order valence-corrected chi connectivity index (χ0v) is 10.3. The van der Waals surface area contributed by atoms with Gasteiger partial charge in [0.25, 0.3) is 0 Å². The molecule has 0 fully saturated rings. The maximum Gasteiger partial charge on any atom is 0.328 e. The van der Waals surface area contributed by atoms with Crippen molar-refractivity contribution in [1.82, 2.24) is 0 Å². The number of ether oxygens (including phenoxy) is 2. The van der Waals surface area contributed by atoms with Crippen LogP contribution in [0.15, 0.2) is 36.9 Å². The van der Waals surface area contributed by atoms with E-state index in [0.717, 1.165) is 6.08 Å².